The van der Waals surface area contributed by atoms with Gasteiger partial charge in [-0.15, -0.1) is 0 Å². The molecule has 2 aromatic rings. The van der Waals surface area contributed by atoms with Gasteiger partial charge in [0.25, 0.3) is 0 Å². The van der Waals surface area contributed by atoms with E-state index in [4.69, 9.17) is 17.0 Å². The highest BCUT2D eigenvalue weighted by Gasteiger charge is 2.20. The van der Waals surface area contributed by atoms with Crippen molar-refractivity contribution in [2.24, 2.45) is 0 Å². The fourth-order valence-electron chi connectivity index (χ4n) is 2.95. The summed E-state index contributed by atoms with van der Waals surface area (Å²) in [6.45, 7) is 3.46. The van der Waals surface area contributed by atoms with Gasteiger partial charge in [-0.1, -0.05) is 24.3 Å². The van der Waals surface area contributed by atoms with Crippen molar-refractivity contribution in [3.05, 3.63) is 59.9 Å². The number of anilines is 1. The average Bonchev–Trinajstić information content (AvgIpc) is 2.64. The molecule has 2 aromatic carbocycles. The van der Waals surface area contributed by atoms with E-state index in [1.54, 1.807) is 7.11 Å². The van der Waals surface area contributed by atoms with E-state index < -0.39 is 0 Å². The molecule has 0 spiro atoms. The van der Waals surface area contributed by atoms with Gasteiger partial charge in [0.15, 0.2) is 5.11 Å². The molecule has 0 unspecified atom stereocenters. The third-order valence-corrected chi connectivity index (χ3v) is 4.59. The predicted octanol–water partition coefficient (Wildman–Crippen LogP) is 3.70. The molecule has 4 nitrogen and oxygen atoms in total. The Morgan fingerprint density at radius 1 is 1.16 bits per heavy atom. The molecule has 25 heavy (non-hydrogen) atoms. The lowest BCUT2D eigenvalue weighted by Crippen LogP contribution is -2.48. The number of thiocarbonyl (C=S) groups is 1. The van der Waals surface area contributed by atoms with Crippen LogP contribution in [0.15, 0.2) is 48.5 Å². The third kappa shape index (κ3) is 4.67. The summed E-state index contributed by atoms with van der Waals surface area (Å²) in [6.07, 6.45) is 1.04. The van der Waals surface area contributed by atoms with Crippen LogP contribution in [0.4, 0.5) is 10.1 Å². The zero-order valence-corrected chi connectivity index (χ0v) is 15.1. The molecule has 1 heterocycles. The van der Waals surface area contributed by atoms with Gasteiger partial charge in [0, 0.05) is 19.6 Å². The van der Waals surface area contributed by atoms with E-state index in [0.29, 0.717) is 5.11 Å². The van der Waals surface area contributed by atoms with Crippen LogP contribution in [0.25, 0.3) is 0 Å². The highest BCUT2D eigenvalue weighted by Crippen LogP contribution is 2.24. The first kappa shape index (κ1) is 17.6. The third-order valence-electron chi connectivity index (χ3n) is 4.23. The van der Waals surface area contributed by atoms with Crippen LogP contribution in [-0.4, -0.2) is 41.8 Å². The van der Waals surface area contributed by atoms with Crippen LogP contribution in [0.5, 0.6) is 5.75 Å². The molecule has 0 radical (unpaired) electrons. The highest BCUT2D eigenvalue weighted by molar-refractivity contribution is 7.80. The smallest absolute Gasteiger partial charge is 0.174 e. The first-order valence-electron chi connectivity index (χ1n) is 8.31. The molecule has 1 saturated heterocycles. The lowest BCUT2D eigenvalue weighted by Gasteiger charge is -2.37. The zero-order chi connectivity index (χ0) is 17.6. The maximum Gasteiger partial charge on any atom is 0.174 e. The quantitative estimate of drug-likeness (QED) is 0.841. The second-order valence-corrected chi connectivity index (χ2v) is 6.45. The van der Waals surface area contributed by atoms with E-state index in [9.17, 15) is 4.39 Å². The van der Waals surface area contributed by atoms with Crippen LogP contribution in [0, 0.1) is 5.82 Å². The van der Waals surface area contributed by atoms with Gasteiger partial charge in [0.2, 0.25) is 0 Å². The van der Waals surface area contributed by atoms with Crippen LogP contribution >= 0.6 is 12.2 Å². The van der Waals surface area contributed by atoms with E-state index in [1.807, 2.05) is 36.4 Å². The maximum atomic E-state index is 13.0. The Bertz CT molecular complexity index is 723. The Balaban J connectivity index is 1.60. The van der Waals surface area contributed by atoms with Crippen molar-refractivity contribution in [1.82, 2.24) is 9.80 Å². The maximum absolute atomic E-state index is 13.0. The molecule has 3 rings (SSSR count). The number of para-hydroxylation sites is 2. The van der Waals surface area contributed by atoms with Gasteiger partial charge < -0.3 is 15.0 Å². The average molecular weight is 359 g/mol. The number of hydrogen-bond donors (Lipinski definition) is 1. The largest absolute Gasteiger partial charge is 0.495 e. The molecular formula is C19H22FN3OS. The van der Waals surface area contributed by atoms with Gasteiger partial charge >= 0.3 is 0 Å². The van der Waals surface area contributed by atoms with E-state index in [1.165, 1.54) is 12.1 Å². The number of halogens is 1. The number of methoxy groups -OCH3 is 1. The van der Waals surface area contributed by atoms with Crippen molar-refractivity contribution in [2.45, 2.75) is 13.0 Å². The minimum Gasteiger partial charge on any atom is -0.495 e. The monoisotopic (exact) mass is 359 g/mol. The summed E-state index contributed by atoms with van der Waals surface area (Å²) in [5.74, 6) is 0.566. The van der Waals surface area contributed by atoms with Crippen molar-refractivity contribution in [1.29, 1.82) is 0 Å². The fourth-order valence-corrected chi connectivity index (χ4v) is 3.21. The summed E-state index contributed by atoms with van der Waals surface area (Å²) in [5.41, 5.74) is 1.97. The molecule has 0 aliphatic carbocycles. The number of hydrogen-bond acceptors (Lipinski definition) is 3. The summed E-state index contributed by atoms with van der Waals surface area (Å²) in [7, 11) is 1.65. The van der Waals surface area contributed by atoms with E-state index in [-0.39, 0.29) is 5.82 Å². The van der Waals surface area contributed by atoms with Crippen LogP contribution in [0.1, 0.15) is 12.0 Å². The Hall–Kier alpha value is -2.18. The van der Waals surface area contributed by atoms with Crippen LogP contribution in [0.2, 0.25) is 0 Å². The van der Waals surface area contributed by atoms with Crippen LogP contribution in [-0.2, 0) is 6.54 Å². The van der Waals surface area contributed by atoms with Crippen LogP contribution in [0.3, 0.4) is 0 Å². The molecule has 1 fully saturated rings. The number of rotatable bonds is 4. The Morgan fingerprint density at radius 2 is 1.92 bits per heavy atom. The highest BCUT2D eigenvalue weighted by atomic mass is 32.1. The normalized spacial score (nSPS) is 15.0. The molecule has 1 aliphatic heterocycles. The second kappa shape index (κ2) is 8.27. The summed E-state index contributed by atoms with van der Waals surface area (Å²) in [4.78, 5) is 4.46. The molecule has 1 aliphatic rings. The summed E-state index contributed by atoms with van der Waals surface area (Å²) in [5, 5.41) is 3.97. The van der Waals surface area contributed by atoms with Crippen molar-refractivity contribution >= 4 is 23.0 Å². The van der Waals surface area contributed by atoms with Crippen molar-refractivity contribution in [3.8, 4) is 5.75 Å². The number of benzene rings is 2. The standard InChI is InChI=1S/C19H22FN3OS/c1-24-18-6-3-2-5-17(18)21-19(25)23-12-4-11-22(14-23)13-15-7-9-16(20)10-8-15/h2-3,5-10H,4,11-14H2,1H3,(H,21,25). The van der Waals surface area contributed by atoms with Gasteiger partial charge in [-0.05, 0) is 48.5 Å². The summed E-state index contributed by atoms with van der Waals surface area (Å²) < 4.78 is 18.4. The van der Waals surface area contributed by atoms with E-state index in [0.717, 1.165) is 49.7 Å². The minimum absolute atomic E-state index is 0.203. The molecular weight excluding hydrogens is 337 g/mol. The summed E-state index contributed by atoms with van der Waals surface area (Å²) >= 11 is 5.58. The van der Waals surface area contributed by atoms with E-state index in [2.05, 4.69) is 15.1 Å². The number of nitrogens with zero attached hydrogens (tertiary/aromatic N) is 2. The molecule has 0 bridgehead atoms. The predicted molar refractivity (Wildman–Crippen MR) is 102 cm³/mol. The molecule has 0 aromatic heterocycles. The molecule has 0 amide bonds. The van der Waals surface area contributed by atoms with Crippen molar-refractivity contribution < 1.29 is 9.13 Å². The van der Waals surface area contributed by atoms with Gasteiger partial charge in [-0.3, -0.25) is 4.90 Å². The van der Waals surface area contributed by atoms with Crippen LogP contribution < -0.4 is 10.1 Å². The van der Waals surface area contributed by atoms with Gasteiger partial charge in [-0.2, -0.15) is 0 Å². The molecule has 0 atom stereocenters. The lowest BCUT2D eigenvalue weighted by molar-refractivity contribution is 0.134. The topological polar surface area (TPSA) is 27.7 Å². The minimum atomic E-state index is -0.203. The Morgan fingerprint density at radius 3 is 2.68 bits per heavy atom. The van der Waals surface area contributed by atoms with E-state index >= 15 is 0 Å². The van der Waals surface area contributed by atoms with Crippen molar-refractivity contribution in [3.63, 3.8) is 0 Å². The molecule has 132 valence electrons. The van der Waals surface area contributed by atoms with Gasteiger partial charge in [-0.25, -0.2) is 4.39 Å². The Kier molecular flexibility index (Phi) is 5.83. The molecule has 1 N–H and O–H groups in total. The summed E-state index contributed by atoms with van der Waals surface area (Å²) in [6, 6.07) is 14.4. The fraction of sp³-hybridized carbons (Fsp3) is 0.316. The van der Waals surface area contributed by atoms with Gasteiger partial charge in [0.1, 0.15) is 11.6 Å². The lowest BCUT2D eigenvalue weighted by atomic mass is 10.2. The first-order chi connectivity index (χ1) is 12.2. The number of ether oxygens (including phenoxy) is 1. The SMILES string of the molecule is COc1ccccc1NC(=S)N1CCCN(Cc2ccc(F)cc2)C1. The van der Waals surface area contributed by atoms with Gasteiger partial charge in [0.05, 0.1) is 19.5 Å². The number of nitrogens with one attached hydrogen (secondary N) is 1. The Labute approximate surface area is 153 Å². The van der Waals surface area contributed by atoms with Crippen molar-refractivity contribution in [2.75, 3.05) is 32.2 Å². The zero-order valence-electron chi connectivity index (χ0n) is 14.2. The first-order valence-corrected chi connectivity index (χ1v) is 8.72. The molecule has 6 heteroatoms. The second-order valence-electron chi connectivity index (χ2n) is 6.07. The molecule has 0 saturated carbocycles.